The van der Waals surface area contributed by atoms with Crippen LogP contribution < -0.4 is 5.46 Å². The number of phenolic OH excluding ortho intramolecular Hbond substituents is 1. The number of ketones is 1. The number of benzene rings is 1. The lowest BCUT2D eigenvalue weighted by Crippen LogP contribution is -2.06. The molecule has 0 saturated heterocycles. The van der Waals surface area contributed by atoms with Crippen molar-refractivity contribution in [1.82, 2.24) is 4.90 Å². The first-order valence-corrected chi connectivity index (χ1v) is 4.69. The molecule has 0 atom stereocenters. The summed E-state index contributed by atoms with van der Waals surface area (Å²) in [4.78, 5) is 13.4. The quantitative estimate of drug-likeness (QED) is 0.424. The zero-order valence-corrected chi connectivity index (χ0v) is 9.19. The normalized spacial score (nSPS) is 10.5. The molecular formula is C11H14BNO2. The van der Waals surface area contributed by atoms with Crippen molar-refractivity contribution >= 4 is 19.1 Å². The van der Waals surface area contributed by atoms with Crippen molar-refractivity contribution in [3.8, 4) is 5.75 Å². The third kappa shape index (κ3) is 3.16. The molecule has 0 radical (unpaired) electrons. The summed E-state index contributed by atoms with van der Waals surface area (Å²) in [6, 6.07) is 5.01. The first-order valence-electron chi connectivity index (χ1n) is 4.69. The van der Waals surface area contributed by atoms with Crippen molar-refractivity contribution in [2.75, 3.05) is 14.1 Å². The minimum atomic E-state index is -0.193. The zero-order valence-electron chi connectivity index (χ0n) is 9.19. The van der Waals surface area contributed by atoms with Crippen LogP contribution in [0, 0.1) is 0 Å². The molecule has 3 nitrogen and oxygen atoms in total. The van der Waals surface area contributed by atoms with Crippen LogP contribution in [0.3, 0.4) is 0 Å². The highest BCUT2D eigenvalue weighted by Crippen LogP contribution is 2.15. The largest absolute Gasteiger partial charge is 0.507 e. The SMILES string of the molecule is Bc1ccc(C(=O)/C=C/N(C)C)c(O)c1. The summed E-state index contributed by atoms with van der Waals surface area (Å²) < 4.78 is 0. The summed E-state index contributed by atoms with van der Waals surface area (Å²) >= 11 is 0. The number of hydrogen-bond donors (Lipinski definition) is 1. The van der Waals surface area contributed by atoms with Gasteiger partial charge in [0.05, 0.1) is 5.56 Å². The molecule has 0 aliphatic heterocycles. The average Bonchev–Trinajstić information content (AvgIpc) is 2.14. The molecule has 0 aliphatic rings. The van der Waals surface area contributed by atoms with Crippen molar-refractivity contribution in [1.29, 1.82) is 0 Å². The Bertz CT molecular complexity index is 400. The minimum absolute atomic E-state index is 0.0309. The van der Waals surface area contributed by atoms with Crippen LogP contribution in [-0.4, -0.2) is 37.7 Å². The number of phenols is 1. The highest BCUT2D eigenvalue weighted by Gasteiger charge is 2.07. The Hall–Kier alpha value is -1.71. The van der Waals surface area contributed by atoms with E-state index < -0.39 is 0 Å². The first-order chi connectivity index (χ1) is 7.00. The Kier molecular flexibility index (Phi) is 3.55. The van der Waals surface area contributed by atoms with E-state index >= 15 is 0 Å². The van der Waals surface area contributed by atoms with Gasteiger partial charge in [-0.2, -0.15) is 0 Å². The third-order valence-electron chi connectivity index (χ3n) is 1.94. The fourth-order valence-electron chi connectivity index (χ4n) is 1.16. The summed E-state index contributed by atoms with van der Waals surface area (Å²) in [5, 5.41) is 9.56. The Morgan fingerprint density at radius 1 is 1.47 bits per heavy atom. The molecule has 15 heavy (non-hydrogen) atoms. The first kappa shape index (κ1) is 11.4. The van der Waals surface area contributed by atoms with Crippen LogP contribution in [0.25, 0.3) is 0 Å². The van der Waals surface area contributed by atoms with E-state index in [4.69, 9.17) is 0 Å². The van der Waals surface area contributed by atoms with Crippen molar-refractivity contribution in [2.45, 2.75) is 0 Å². The standard InChI is InChI=1S/C11H14BNO2/c1-13(2)6-5-10(14)9-4-3-8(12)7-11(9)15/h3-7,15H,12H2,1-2H3/b6-5+. The van der Waals surface area contributed by atoms with E-state index in [1.807, 2.05) is 21.9 Å². The summed E-state index contributed by atoms with van der Waals surface area (Å²) in [7, 11) is 5.53. The molecule has 0 heterocycles. The second-order valence-electron chi connectivity index (χ2n) is 3.66. The number of carbonyl (C=O) groups excluding carboxylic acids is 1. The molecule has 0 bridgehead atoms. The van der Waals surface area contributed by atoms with Crippen molar-refractivity contribution in [2.24, 2.45) is 0 Å². The van der Waals surface area contributed by atoms with E-state index in [1.165, 1.54) is 6.08 Å². The lowest BCUT2D eigenvalue weighted by molar-refractivity contribution is 0.104. The second-order valence-corrected chi connectivity index (χ2v) is 3.66. The van der Waals surface area contributed by atoms with Gasteiger partial charge in [-0.1, -0.05) is 11.5 Å². The summed E-state index contributed by atoms with van der Waals surface area (Å²) in [6.45, 7) is 0. The van der Waals surface area contributed by atoms with Gasteiger partial charge in [-0.3, -0.25) is 4.79 Å². The Labute approximate surface area is 90.4 Å². The van der Waals surface area contributed by atoms with Crippen LogP contribution >= 0.6 is 0 Å². The van der Waals surface area contributed by atoms with Crippen molar-refractivity contribution in [3.05, 3.63) is 36.0 Å². The smallest absolute Gasteiger partial charge is 0.190 e. The number of allylic oxidation sites excluding steroid dienone is 1. The summed E-state index contributed by atoms with van der Waals surface area (Å²) in [5.41, 5.74) is 1.26. The van der Waals surface area contributed by atoms with Gasteiger partial charge in [-0.05, 0) is 12.1 Å². The number of nitrogens with zero attached hydrogens (tertiary/aromatic N) is 1. The van der Waals surface area contributed by atoms with E-state index in [0.717, 1.165) is 5.46 Å². The maximum Gasteiger partial charge on any atom is 0.190 e. The van der Waals surface area contributed by atoms with Gasteiger partial charge < -0.3 is 10.0 Å². The molecule has 0 fully saturated rings. The minimum Gasteiger partial charge on any atom is -0.507 e. The van der Waals surface area contributed by atoms with Gasteiger partial charge in [-0.25, -0.2) is 0 Å². The molecule has 0 aliphatic carbocycles. The van der Waals surface area contributed by atoms with E-state index in [2.05, 4.69) is 0 Å². The molecule has 4 heteroatoms. The van der Waals surface area contributed by atoms with Crippen LogP contribution in [0.5, 0.6) is 5.75 Å². The van der Waals surface area contributed by atoms with Gasteiger partial charge in [0.25, 0.3) is 0 Å². The molecular weight excluding hydrogens is 189 g/mol. The van der Waals surface area contributed by atoms with E-state index in [0.29, 0.717) is 5.56 Å². The van der Waals surface area contributed by atoms with Gasteiger partial charge in [0.1, 0.15) is 13.6 Å². The Balaban J connectivity index is 2.92. The van der Waals surface area contributed by atoms with Crippen LogP contribution in [0.15, 0.2) is 30.5 Å². The van der Waals surface area contributed by atoms with E-state index in [-0.39, 0.29) is 11.5 Å². The fourth-order valence-corrected chi connectivity index (χ4v) is 1.16. The van der Waals surface area contributed by atoms with Crippen LogP contribution in [0.1, 0.15) is 10.4 Å². The lowest BCUT2D eigenvalue weighted by Gasteiger charge is -2.04. The third-order valence-corrected chi connectivity index (χ3v) is 1.94. The number of carbonyl (C=O) groups is 1. The van der Waals surface area contributed by atoms with Gasteiger partial charge >= 0.3 is 0 Å². The molecule has 0 amide bonds. The van der Waals surface area contributed by atoms with Crippen LogP contribution in [0.4, 0.5) is 0 Å². The highest BCUT2D eigenvalue weighted by molar-refractivity contribution is 6.32. The summed E-state index contributed by atoms with van der Waals surface area (Å²) in [5.74, 6) is -0.162. The lowest BCUT2D eigenvalue weighted by atomic mass is 9.94. The molecule has 1 aromatic carbocycles. The molecule has 78 valence electrons. The molecule has 1 aromatic rings. The number of aromatic hydroxyl groups is 1. The van der Waals surface area contributed by atoms with Gasteiger partial charge in [0.2, 0.25) is 0 Å². The maximum atomic E-state index is 11.6. The molecule has 1 rings (SSSR count). The summed E-state index contributed by atoms with van der Waals surface area (Å²) in [6.07, 6.45) is 3.09. The highest BCUT2D eigenvalue weighted by atomic mass is 16.3. The monoisotopic (exact) mass is 203 g/mol. The van der Waals surface area contributed by atoms with Crippen LogP contribution in [0.2, 0.25) is 0 Å². The average molecular weight is 203 g/mol. The van der Waals surface area contributed by atoms with Gasteiger partial charge in [0, 0.05) is 26.4 Å². The molecule has 0 spiro atoms. The van der Waals surface area contributed by atoms with Crippen LogP contribution in [-0.2, 0) is 0 Å². The predicted molar refractivity (Wildman–Crippen MR) is 63.4 cm³/mol. The maximum absolute atomic E-state index is 11.6. The zero-order chi connectivity index (χ0) is 11.4. The Morgan fingerprint density at radius 3 is 2.67 bits per heavy atom. The predicted octanol–water partition coefficient (Wildman–Crippen LogP) is -0.0914. The number of hydrogen-bond acceptors (Lipinski definition) is 3. The van der Waals surface area contributed by atoms with Gasteiger partial charge in [-0.15, -0.1) is 0 Å². The topological polar surface area (TPSA) is 40.5 Å². The molecule has 0 saturated carbocycles. The van der Waals surface area contributed by atoms with Crippen molar-refractivity contribution in [3.63, 3.8) is 0 Å². The molecule has 1 N–H and O–H groups in total. The van der Waals surface area contributed by atoms with Crippen molar-refractivity contribution < 1.29 is 9.90 Å². The van der Waals surface area contributed by atoms with E-state index in [1.54, 1.807) is 29.3 Å². The fraction of sp³-hybridized carbons (Fsp3) is 0.182. The molecule has 0 unspecified atom stereocenters. The second kappa shape index (κ2) is 4.69. The van der Waals surface area contributed by atoms with Gasteiger partial charge in [0.15, 0.2) is 5.78 Å². The Morgan fingerprint density at radius 2 is 2.13 bits per heavy atom. The molecule has 0 aromatic heterocycles. The number of rotatable bonds is 3. The van der Waals surface area contributed by atoms with E-state index in [9.17, 15) is 9.90 Å².